The highest BCUT2D eigenvalue weighted by Gasteiger charge is 2.35. The molecular formula is C18H26N2O3S. The molecule has 2 aliphatic heterocycles. The number of rotatable bonds is 7. The van der Waals surface area contributed by atoms with E-state index in [1.165, 1.54) is 25.9 Å². The first-order valence-corrected chi connectivity index (χ1v) is 9.63. The Morgan fingerprint density at radius 2 is 1.96 bits per heavy atom. The van der Waals surface area contributed by atoms with Gasteiger partial charge in [-0.15, -0.1) is 11.8 Å². The molecule has 1 aromatic rings. The number of carbonyl (C=O) groups is 1. The van der Waals surface area contributed by atoms with E-state index in [9.17, 15) is 4.79 Å². The summed E-state index contributed by atoms with van der Waals surface area (Å²) < 4.78 is 11.0. The van der Waals surface area contributed by atoms with Gasteiger partial charge in [-0.1, -0.05) is 12.1 Å². The molecule has 0 radical (unpaired) electrons. The average molecular weight is 350 g/mol. The first-order chi connectivity index (χ1) is 11.7. The highest BCUT2D eigenvalue weighted by molar-refractivity contribution is 8.00. The second kappa shape index (κ2) is 8.12. The lowest BCUT2D eigenvalue weighted by atomic mass is 10.1. The molecular weight excluding hydrogens is 324 g/mol. The Labute approximate surface area is 148 Å². The van der Waals surface area contributed by atoms with Crippen LogP contribution in [0.15, 0.2) is 18.2 Å². The van der Waals surface area contributed by atoms with Crippen LogP contribution < -0.4 is 9.47 Å². The number of thioether (sulfide) groups is 1. The van der Waals surface area contributed by atoms with Crippen molar-refractivity contribution < 1.29 is 14.3 Å². The fourth-order valence-corrected chi connectivity index (χ4v) is 4.77. The molecule has 2 heterocycles. The van der Waals surface area contributed by atoms with Crippen LogP contribution in [0.25, 0.3) is 0 Å². The van der Waals surface area contributed by atoms with E-state index >= 15 is 0 Å². The van der Waals surface area contributed by atoms with Crippen molar-refractivity contribution in [3.8, 4) is 11.5 Å². The lowest BCUT2D eigenvalue weighted by Gasteiger charge is -2.27. The maximum atomic E-state index is 12.4. The van der Waals surface area contributed by atoms with Crippen LogP contribution in [0.1, 0.15) is 30.2 Å². The molecule has 6 heteroatoms. The van der Waals surface area contributed by atoms with Gasteiger partial charge in [-0.2, -0.15) is 0 Å². The molecule has 2 aliphatic rings. The van der Waals surface area contributed by atoms with Crippen LogP contribution in [0, 0.1) is 0 Å². The zero-order chi connectivity index (χ0) is 16.9. The van der Waals surface area contributed by atoms with Gasteiger partial charge in [0.15, 0.2) is 11.5 Å². The predicted molar refractivity (Wildman–Crippen MR) is 96.7 cm³/mol. The number of amides is 1. The third kappa shape index (κ3) is 3.64. The van der Waals surface area contributed by atoms with Crippen LogP contribution in [0.3, 0.4) is 0 Å². The Hall–Kier alpha value is -1.40. The second-order valence-corrected chi connectivity index (χ2v) is 7.30. The van der Waals surface area contributed by atoms with Crippen molar-refractivity contribution in [2.45, 2.75) is 24.6 Å². The van der Waals surface area contributed by atoms with Crippen molar-refractivity contribution in [3.63, 3.8) is 0 Å². The van der Waals surface area contributed by atoms with Gasteiger partial charge in [-0.05, 0) is 45.0 Å². The van der Waals surface area contributed by atoms with Crippen LogP contribution in [0.4, 0.5) is 0 Å². The number of para-hydroxylation sites is 1. The summed E-state index contributed by atoms with van der Waals surface area (Å²) in [7, 11) is 3.29. The maximum Gasteiger partial charge on any atom is 0.233 e. The van der Waals surface area contributed by atoms with Gasteiger partial charge >= 0.3 is 0 Å². The van der Waals surface area contributed by atoms with Crippen LogP contribution in [-0.4, -0.2) is 61.9 Å². The van der Waals surface area contributed by atoms with Crippen molar-refractivity contribution in [2.75, 3.05) is 46.2 Å². The molecule has 24 heavy (non-hydrogen) atoms. The first-order valence-electron chi connectivity index (χ1n) is 8.59. The van der Waals surface area contributed by atoms with Crippen LogP contribution in [0.5, 0.6) is 11.5 Å². The number of nitrogens with zero attached hydrogens (tertiary/aromatic N) is 2. The first kappa shape index (κ1) is 17.4. The quantitative estimate of drug-likeness (QED) is 0.756. The summed E-state index contributed by atoms with van der Waals surface area (Å²) in [4.78, 5) is 16.9. The monoisotopic (exact) mass is 350 g/mol. The van der Waals surface area contributed by atoms with E-state index in [1.54, 1.807) is 26.0 Å². The Morgan fingerprint density at radius 3 is 2.67 bits per heavy atom. The van der Waals surface area contributed by atoms with E-state index in [0.29, 0.717) is 11.5 Å². The van der Waals surface area contributed by atoms with Gasteiger partial charge < -0.3 is 19.3 Å². The van der Waals surface area contributed by atoms with E-state index < -0.39 is 0 Å². The van der Waals surface area contributed by atoms with Gasteiger partial charge in [0.05, 0.1) is 20.0 Å². The topological polar surface area (TPSA) is 42.0 Å². The maximum absolute atomic E-state index is 12.4. The normalized spacial score (nSPS) is 21.5. The zero-order valence-corrected chi connectivity index (χ0v) is 15.3. The minimum absolute atomic E-state index is 0.0149. The number of carbonyl (C=O) groups excluding carboxylic acids is 1. The molecule has 0 N–H and O–H groups in total. The SMILES string of the molecule is COc1cccc(C2SCC(=O)N2CCCN2CCCC2)c1OC. The Morgan fingerprint density at radius 1 is 1.17 bits per heavy atom. The molecule has 2 saturated heterocycles. The molecule has 3 rings (SSSR count). The van der Waals surface area contributed by atoms with Crippen LogP contribution in [-0.2, 0) is 4.79 Å². The van der Waals surface area contributed by atoms with E-state index in [-0.39, 0.29) is 11.3 Å². The molecule has 0 bridgehead atoms. The molecule has 1 unspecified atom stereocenters. The molecule has 5 nitrogen and oxygen atoms in total. The van der Waals surface area contributed by atoms with E-state index in [1.807, 2.05) is 23.1 Å². The smallest absolute Gasteiger partial charge is 0.233 e. The number of hydrogen-bond donors (Lipinski definition) is 0. The van der Waals surface area contributed by atoms with Gasteiger partial charge in [0.2, 0.25) is 5.91 Å². The van der Waals surface area contributed by atoms with Crippen molar-refractivity contribution in [1.29, 1.82) is 0 Å². The lowest BCUT2D eigenvalue weighted by Crippen LogP contribution is -2.32. The molecule has 1 amide bonds. The molecule has 0 aromatic heterocycles. The highest BCUT2D eigenvalue weighted by atomic mass is 32.2. The third-order valence-corrected chi connectivity index (χ3v) is 5.98. The van der Waals surface area contributed by atoms with Gasteiger partial charge in [-0.25, -0.2) is 0 Å². The molecule has 0 saturated carbocycles. The summed E-state index contributed by atoms with van der Waals surface area (Å²) in [5.41, 5.74) is 1.02. The van der Waals surface area contributed by atoms with E-state index in [2.05, 4.69) is 4.90 Å². The van der Waals surface area contributed by atoms with E-state index in [0.717, 1.165) is 30.8 Å². The summed E-state index contributed by atoms with van der Waals surface area (Å²) >= 11 is 1.67. The Bertz CT molecular complexity index is 575. The summed E-state index contributed by atoms with van der Waals surface area (Å²) in [5.74, 6) is 2.20. The highest BCUT2D eigenvalue weighted by Crippen LogP contribution is 2.45. The fourth-order valence-electron chi connectivity index (χ4n) is 3.53. The van der Waals surface area contributed by atoms with Crippen molar-refractivity contribution in [1.82, 2.24) is 9.80 Å². The zero-order valence-electron chi connectivity index (χ0n) is 14.5. The van der Waals surface area contributed by atoms with Gasteiger partial charge in [0, 0.05) is 12.1 Å². The van der Waals surface area contributed by atoms with E-state index in [4.69, 9.17) is 9.47 Å². The molecule has 1 aromatic carbocycles. The van der Waals surface area contributed by atoms with Crippen molar-refractivity contribution in [3.05, 3.63) is 23.8 Å². The molecule has 132 valence electrons. The largest absolute Gasteiger partial charge is 0.493 e. The molecule has 2 fully saturated rings. The number of benzene rings is 1. The summed E-state index contributed by atoms with van der Waals surface area (Å²) in [6.07, 6.45) is 3.64. The van der Waals surface area contributed by atoms with Crippen molar-refractivity contribution >= 4 is 17.7 Å². The average Bonchev–Trinajstić information content (AvgIpc) is 3.24. The summed E-state index contributed by atoms with van der Waals surface area (Å²) in [5, 5.41) is 0.0149. The second-order valence-electron chi connectivity index (χ2n) is 6.24. The minimum Gasteiger partial charge on any atom is -0.493 e. The number of likely N-dealkylation sites (tertiary alicyclic amines) is 1. The molecule has 0 aliphatic carbocycles. The van der Waals surface area contributed by atoms with Gasteiger partial charge in [-0.3, -0.25) is 4.79 Å². The fraction of sp³-hybridized carbons (Fsp3) is 0.611. The Kier molecular flexibility index (Phi) is 5.89. The molecule has 0 spiro atoms. The molecule has 1 atom stereocenters. The van der Waals surface area contributed by atoms with Gasteiger partial charge in [0.1, 0.15) is 5.37 Å². The number of hydrogen-bond acceptors (Lipinski definition) is 5. The number of methoxy groups -OCH3 is 2. The Balaban J connectivity index is 1.70. The van der Waals surface area contributed by atoms with Gasteiger partial charge in [0.25, 0.3) is 0 Å². The number of ether oxygens (including phenoxy) is 2. The lowest BCUT2D eigenvalue weighted by molar-refractivity contribution is -0.128. The van der Waals surface area contributed by atoms with Crippen LogP contribution >= 0.6 is 11.8 Å². The predicted octanol–water partition coefficient (Wildman–Crippen LogP) is 2.76. The summed E-state index contributed by atoms with van der Waals surface area (Å²) in [6.45, 7) is 4.29. The standard InChI is InChI=1S/C18H26N2O3S/c1-22-15-8-5-7-14(17(15)23-2)18-20(16(21)13-24-18)12-6-11-19-9-3-4-10-19/h5,7-8,18H,3-4,6,9-13H2,1-2H3. The van der Waals surface area contributed by atoms with Crippen LogP contribution in [0.2, 0.25) is 0 Å². The minimum atomic E-state index is 0.0149. The third-order valence-electron chi connectivity index (χ3n) is 4.74. The van der Waals surface area contributed by atoms with Crippen molar-refractivity contribution in [2.24, 2.45) is 0 Å². The summed E-state index contributed by atoms with van der Waals surface area (Å²) in [6, 6.07) is 5.88.